The predicted octanol–water partition coefficient (Wildman–Crippen LogP) is 4.57. The average Bonchev–Trinajstić information content (AvgIpc) is 2.67. The van der Waals surface area contributed by atoms with Gasteiger partial charge in [0.1, 0.15) is 12.4 Å². The van der Waals surface area contributed by atoms with E-state index in [4.69, 9.17) is 4.74 Å². The van der Waals surface area contributed by atoms with Gasteiger partial charge in [-0.15, -0.1) is 12.4 Å². The topological polar surface area (TPSA) is 41.6 Å². The van der Waals surface area contributed by atoms with Gasteiger partial charge in [-0.25, -0.2) is 0 Å². The number of halogens is 1. The molecule has 2 aromatic carbocycles. The molecular weight excluding hydrogens is 384 g/mol. The summed E-state index contributed by atoms with van der Waals surface area (Å²) in [5.41, 5.74) is 5.81. The van der Waals surface area contributed by atoms with Gasteiger partial charge in [0, 0.05) is 19.5 Å². The standard InChI is InChI=1S/C24H32N2O2.ClH/c1-17-6-5-7-20(12-17)16-28-23-18(2)13-21(14-19(23)3)15-26(4)24(27)22-8-10-25-11-9-22;/h5-7,12-14,22,25H,8-11,15-16H2,1-4H3;1H. The maximum atomic E-state index is 12.7. The van der Waals surface area contributed by atoms with Crippen LogP contribution in [0.1, 0.15) is 40.7 Å². The average molecular weight is 417 g/mol. The molecule has 1 N–H and O–H groups in total. The molecule has 1 heterocycles. The molecule has 3 rings (SSSR count). The minimum Gasteiger partial charge on any atom is -0.488 e. The molecule has 0 radical (unpaired) electrons. The van der Waals surface area contributed by atoms with Gasteiger partial charge in [0.2, 0.25) is 5.91 Å². The highest BCUT2D eigenvalue weighted by Crippen LogP contribution is 2.27. The van der Waals surface area contributed by atoms with Crippen molar-refractivity contribution in [2.24, 2.45) is 5.92 Å². The quantitative estimate of drug-likeness (QED) is 0.749. The van der Waals surface area contributed by atoms with E-state index in [2.05, 4.69) is 62.5 Å². The summed E-state index contributed by atoms with van der Waals surface area (Å²) >= 11 is 0. The summed E-state index contributed by atoms with van der Waals surface area (Å²) in [6.45, 7) is 9.34. The van der Waals surface area contributed by atoms with Crippen LogP contribution in [0, 0.1) is 26.7 Å². The first-order chi connectivity index (χ1) is 13.4. The Bertz CT molecular complexity index is 808. The molecule has 29 heavy (non-hydrogen) atoms. The van der Waals surface area contributed by atoms with Gasteiger partial charge < -0.3 is 15.0 Å². The molecular formula is C24H33ClN2O2. The first-order valence-corrected chi connectivity index (χ1v) is 10.2. The van der Waals surface area contributed by atoms with Crippen LogP contribution in [0.2, 0.25) is 0 Å². The normalized spacial score (nSPS) is 14.2. The maximum absolute atomic E-state index is 12.7. The van der Waals surface area contributed by atoms with Gasteiger partial charge in [0.05, 0.1) is 0 Å². The van der Waals surface area contributed by atoms with E-state index < -0.39 is 0 Å². The van der Waals surface area contributed by atoms with Gasteiger partial charge in [-0.05, 0) is 69.0 Å². The van der Waals surface area contributed by atoms with Crippen LogP contribution >= 0.6 is 12.4 Å². The molecule has 1 saturated heterocycles. The number of nitrogens with zero attached hydrogens (tertiary/aromatic N) is 1. The van der Waals surface area contributed by atoms with Crippen molar-refractivity contribution in [2.45, 2.75) is 46.8 Å². The zero-order valence-corrected chi connectivity index (χ0v) is 18.8. The van der Waals surface area contributed by atoms with E-state index in [0.29, 0.717) is 13.2 Å². The second-order valence-electron chi connectivity index (χ2n) is 8.06. The summed E-state index contributed by atoms with van der Waals surface area (Å²) in [4.78, 5) is 14.6. The third kappa shape index (κ3) is 6.22. The summed E-state index contributed by atoms with van der Waals surface area (Å²) in [5.74, 6) is 1.36. The van der Waals surface area contributed by atoms with E-state index in [1.807, 2.05) is 11.9 Å². The number of benzene rings is 2. The summed E-state index contributed by atoms with van der Waals surface area (Å²) < 4.78 is 6.12. The lowest BCUT2D eigenvalue weighted by Gasteiger charge is -2.27. The van der Waals surface area contributed by atoms with Crippen LogP contribution in [-0.4, -0.2) is 30.9 Å². The van der Waals surface area contributed by atoms with E-state index in [-0.39, 0.29) is 24.2 Å². The lowest BCUT2D eigenvalue weighted by molar-refractivity contribution is -0.135. The molecule has 0 unspecified atom stereocenters. The van der Waals surface area contributed by atoms with Gasteiger partial charge in [0.25, 0.3) is 0 Å². The highest BCUT2D eigenvalue weighted by atomic mass is 35.5. The largest absolute Gasteiger partial charge is 0.488 e. The lowest BCUT2D eigenvalue weighted by atomic mass is 9.96. The molecule has 5 heteroatoms. The monoisotopic (exact) mass is 416 g/mol. The van der Waals surface area contributed by atoms with Gasteiger partial charge in [-0.1, -0.05) is 42.0 Å². The van der Waals surface area contributed by atoms with Crippen molar-refractivity contribution in [1.82, 2.24) is 10.2 Å². The van der Waals surface area contributed by atoms with Crippen LogP contribution < -0.4 is 10.1 Å². The Morgan fingerprint density at radius 1 is 1.07 bits per heavy atom. The van der Waals surface area contributed by atoms with E-state index in [0.717, 1.165) is 48.4 Å². The predicted molar refractivity (Wildman–Crippen MR) is 121 cm³/mol. The summed E-state index contributed by atoms with van der Waals surface area (Å²) in [6.07, 6.45) is 1.87. The third-order valence-corrected chi connectivity index (χ3v) is 5.47. The molecule has 2 aromatic rings. The Morgan fingerprint density at radius 3 is 2.34 bits per heavy atom. The van der Waals surface area contributed by atoms with Crippen molar-refractivity contribution in [1.29, 1.82) is 0 Å². The third-order valence-electron chi connectivity index (χ3n) is 5.47. The Labute approximate surface area is 181 Å². The number of carbonyl (C=O) groups excluding carboxylic acids is 1. The van der Waals surface area contributed by atoms with Crippen molar-refractivity contribution >= 4 is 18.3 Å². The summed E-state index contributed by atoms with van der Waals surface area (Å²) in [6, 6.07) is 12.7. The second kappa shape index (κ2) is 10.7. The van der Waals surface area contributed by atoms with Gasteiger partial charge in [-0.2, -0.15) is 0 Å². The Kier molecular flexibility index (Phi) is 8.54. The maximum Gasteiger partial charge on any atom is 0.225 e. The molecule has 4 nitrogen and oxygen atoms in total. The smallest absolute Gasteiger partial charge is 0.225 e. The number of aryl methyl sites for hydroxylation is 3. The van der Waals surface area contributed by atoms with Crippen molar-refractivity contribution in [3.8, 4) is 5.75 Å². The number of nitrogens with one attached hydrogen (secondary N) is 1. The van der Waals surface area contributed by atoms with Crippen LogP contribution in [0.5, 0.6) is 5.75 Å². The fraction of sp³-hybridized carbons (Fsp3) is 0.458. The van der Waals surface area contributed by atoms with E-state index in [1.165, 1.54) is 11.1 Å². The van der Waals surface area contributed by atoms with Crippen molar-refractivity contribution < 1.29 is 9.53 Å². The molecule has 0 bridgehead atoms. The number of carbonyl (C=O) groups is 1. The minimum absolute atomic E-state index is 0. The van der Waals surface area contributed by atoms with Crippen molar-refractivity contribution in [2.75, 3.05) is 20.1 Å². The Balaban J connectivity index is 0.00000300. The van der Waals surface area contributed by atoms with Crippen LogP contribution in [-0.2, 0) is 17.9 Å². The van der Waals surface area contributed by atoms with Gasteiger partial charge in [0.15, 0.2) is 0 Å². The fourth-order valence-electron chi connectivity index (χ4n) is 4.05. The van der Waals surface area contributed by atoms with Gasteiger partial charge >= 0.3 is 0 Å². The molecule has 0 atom stereocenters. The summed E-state index contributed by atoms with van der Waals surface area (Å²) in [5, 5.41) is 3.32. The second-order valence-corrected chi connectivity index (χ2v) is 8.06. The van der Waals surface area contributed by atoms with Crippen LogP contribution in [0.25, 0.3) is 0 Å². The highest BCUT2D eigenvalue weighted by Gasteiger charge is 2.24. The zero-order chi connectivity index (χ0) is 20.1. The van der Waals surface area contributed by atoms with Crippen molar-refractivity contribution in [3.05, 3.63) is 64.2 Å². The van der Waals surface area contributed by atoms with E-state index >= 15 is 0 Å². The molecule has 1 aliphatic heterocycles. The number of ether oxygens (including phenoxy) is 1. The Morgan fingerprint density at radius 2 is 1.72 bits per heavy atom. The summed E-state index contributed by atoms with van der Waals surface area (Å²) in [7, 11) is 1.91. The fourth-order valence-corrected chi connectivity index (χ4v) is 4.05. The molecule has 0 aliphatic carbocycles. The highest BCUT2D eigenvalue weighted by molar-refractivity contribution is 5.85. The lowest BCUT2D eigenvalue weighted by Crippen LogP contribution is -2.38. The number of amides is 1. The van der Waals surface area contributed by atoms with E-state index in [9.17, 15) is 4.79 Å². The first-order valence-electron chi connectivity index (χ1n) is 10.2. The first kappa shape index (κ1) is 23.2. The molecule has 158 valence electrons. The molecule has 0 spiro atoms. The van der Waals surface area contributed by atoms with Crippen LogP contribution in [0.15, 0.2) is 36.4 Å². The molecule has 1 amide bonds. The zero-order valence-electron chi connectivity index (χ0n) is 18.0. The van der Waals surface area contributed by atoms with Crippen molar-refractivity contribution in [3.63, 3.8) is 0 Å². The van der Waals surface area contributed by atoms with E-state index in [1.54, 1.807) is 0 Å². The number of hydrogen-bond donors (Lipinski definition) is 1. The molecule has 0 aromatic heterocycles. The number of piperidine rings is 1. The molecule has 1 aliphatic rings. The Hall–Kier alpha value is -2.04. The molecule has 0 saturated carbocycles. The minimum atomic E-state index is 0. The number of rotatable bonds is 6. The SMILES string of the molecule is Cc1cccc(COc2c(C)cc(CN(C)C(=O)C3CCNCC3)cc2C)c1.Cl. The van der Waals surface area contributed by atoms with Gasteiger partial charge in [-0.3, -0.25) is 4.79 Å². The molecule has 1 fully saturated rings. The van der Waals surface area contributed by atoms with Crippen LogP contribution in [0.4, 0.5) is 0 Å². The number of hydrogen-bond acceptors (Lipinski definition) is 3. The van der Waals surface area contributed by atoms with Crippen LogP contribution in [0.3, 0.4) is 0 Å².